The van der Waals surface area contributed by atoms with Gasteiger partial charge in [0, 0.05) is 24.6 Å². The smallest absolute Gasteiger partial charge is 0.303 e. The van der Waals surface area contributed by atoms with Crippen molar-refractivity contribution in [1.29, 1.82) is 0 Å². The fourth-order valence-electron chi connectivity index (χ4n) is 3.05. The zero-order valence-electron chi connectivity index (χ0n) is 15.2. The monoisotopic (exact) mass is 355 g/mol. The van der Waals surface area contributed by atoms with E-state index < -0.39 is 5.97 Å². The van der Waals surface area contributed by atoms with Gasteiger partial charge in [0.05, 0.1) is 17.5 Å². The predicted molar refractivity (Wildman–Crippen MR) is 99.4 cm³/mol. The number of aliphatic carboxylic acids is 1. The lowest BCUT2D eigenvalue weighted by atomic mass is 10.1. The molecule has 1 heterocycles. The quantitative estimate of drug-likeness (QED) is 0.756. The first-order valence-corrected chi connectivity index (χ1v) is 9.12. The van der Waals surface area contributed by atoms with Crippen molar-refractivity contribution in [3.05, 3.63) is 47.3 Å². The predicted octanol–water partition coefficient (Wildman–Crippen LogP) is 3.69. The van der Waals surface area contributed by atoms with Gasteiger partial charge in [0.2, 0.25) is 0 Å². The third-order valence-corrected chi connectivity index (χ3v) is 4.47. The number of hydrogen-bond donors (Lipinski definition) is 2. The Morgan fingerprint density at radius 3 is 2.54 bits per heavy atom. The highest BCUT2D eigenvalue weighted by molar-refractivity contribution is 6.05. The number of amides is 1. The molecule has 0 aliphatic heterocycles. The lowest BCUT2D eigenvalue weighted by Gasteiger charge is -2.11. The van der Waals surface area contributed by atoms with Crippen LogP contribution in [-0.2, 0) is 17.8 Å². The third-order valence-electron chi connectivity index (χ3n) is 4.47. The fourth-order valence-corrected chi connectivity index (χ4v) is 3.05. The van der Waals surface area contributed by atoms with E-state index in [9.17, 15) is 9.59 Å². The number of carbonyl (C=O) groups is 2. The molecular weight excluding hydrogens is 330 g/mol. The van der Waals surface area contributed by atoms with E-state index in [1.54, 1.807) is 6.20 Å². The molecule has 3 rings (SSSR count). The van der Waals surface area contributed by atoms with Crippen LogP contribution in [0.5, 0.6) is 0 Å². The van der Waals surface area contributed by atoms with Crippen LogP contribution in [0.15, 0.2) is 30.5 Å². The molecule has 0 bridgehead atoms. The van der Waals surface area contributed by atoms with Crippen LogP contribution in [0.25, 0.3) is 0 Å². The summed E-state index contributed by atoms with van der Waals surface area (Å²) in [7, 11) is 0. The molecule has 0 radical (unpaired) electrons. The minimum atomic E-state index is -0.812. The van der Waals surface area contributed by atoms with E-state index in [1.807, 2.05) is 28.9 Å². The number of carboxylic acid groups (broad SMARTS) is 1. The molecule has 138 valence electrons. The zero-order valence-corrected chi connectivity index (χ0v) is 15.2. The van der Waals surface area contributed by atoms with Gasteiger partial charge in [-0.25, -0.2) is 0 Å². The summed E-state index contributed by atoms with van der Waals surface area (Å²) < 4.78 is 1.98. The molecule has 6 heteroatoms. The van der Waals surface area contributed by atoms with Crippen molar-refractivity contribution < 1.29 is 14.7 Å². The van der Waals surface area contributed by atoms with Crippen LogP contribution < -0.4 is 5.32 Å². The summed E-state index contributed by atoms with van der Waals surface area (Å²) in [5.41, 5.74) is 3.35. The topological polar surface area (TPSA) is 84.2 Å². The summed E-state index contributed by atoms with van der Waals surface area (Å²) in [5, 5.41) is 16.1. The van der Waals surface area contributed by atoms with Gasteiger partial charge in [-0.1, -0.05) is 26.0 Å². The first-order chi connectivity index (χ1) is 12.4. The number of aryl methyl sites for hydroxylation is 1. The second-order valence-electron chi connectivity index (χ2n) is 7.34. The van der Waals surface area contributed by atoms with Gasteiger partial charge < -0.3 is 10.4 Å². The van der Waals surface area contributed by atoms with Gasteiger partial charge in [-0.15, -0.1) is 0 Å². The second kappa shape index (κ2) is 7.72. The van der Waals surface area contributed by atoms with E-state index >= 15 is 0 Å². The lowest BCUT2D eigenvalue weighted by molar-refractivity contribution is -0.136. The maximum Gasteiger partial charge on any atom is 0.303 e. The molecule has 1 fully saturated rings. The molecule has 1 aliphatic rings. The highest BCUT2D eigenvalue weighted by Gasteiger charge is 2.32. The van der Waals surface area contributed by atoms with Gasteiger partial charge in [-0.3, -0.25) is 14.3 Å². The molecule has 6 nitrogen and oxygen atoms in total. The third kappa shape index (κ3) is 4.50. The minimum absolute atomic E-state index is 0.103. The molecule has 0 spiro atoms. The van der Waals surface area contributed by atoms with E-state index in [0.29, 0.717) is 29.5 Å². The minimum Gasteiger partial charge on any atom is -0.481 e. The molecule has 0 atom stereocenters. The van der Waals surface area contributed by atoms with E-state index in [4.69, 9.17) is 5.11 Å². The molecular formula is C20H25N3O3. The molecule has 1 aromatic heterocycles. The summed E-state index contributed by atoms with van der Waals surface area (Å²) in [6, 6.07) is 7.32. The first-order valence-electron chi connectivity index (χ1n) is 9.12. The molecule has 2 aromatic rings. The van der Waals surface area contributed by atoms with E-state index in [2.05, 4.69) is 24.3 Å². The van der Waals surface area contributed by atoms with Gasteiger partial charge >= 0.3 is 5.97 Å². The number of benzene rings is 1. The van der Waals surface area contributed by atoms with Crippen LogP contribution in [0.3, 0.4) is 0 Å². The summed E-state index contributed by atoms with van der Waals surface area (Å²) in [4.78, 5) is 23.4. The fraction of sp³-hybridized carbons (Fsp3) is 0.450. The average Bonchev–Trinajstić information content (AvgIpc) is 3.34. The molecule has 1 aromatic carbocycles. The number of anilines is 1. The number of nitrogens with zero attached hydrogens (tertiary/aromatic N) is 2. The largest absolute Gasteiger partial charge is 0.481 e. The average molecular weight is 355 g/mol. The Bertz CT molecular complexity index is 789. The van der Waals surface area contributed by atoms with Crippen molar-refractivity contribution in [1.82, 2.24) is 9.78 Å². The maximum absolute atomic E-state index is 12.7. The Morgan fingerprint density at radius 1 is 1.27 bits per heavy atom. The van der Waals surface area contributed by atoms with Crippen LogP contribution in [0.4, 0.5) is 5.69 Å². The Hall–Kier alpha value is -2.63. The molecule has 1 amide bonds. The van der Waals surface area contributed by atoms with Crippen LogP contribution in [0.2, 0.25) is 0 Å². The second-order valence-corrected chi connectivity index (χ2v) is 7.34. The standard InChI is InChI=1S/C20H25N3O3/c1-13(2)12-23-19(15-6-7-15)17(11-21-23)20(26)22-16-8-3-14(4-9-16)5-10-18(24)25/h3-4,8-9,11,13,15H,5-7,10,12H2,1-2H3,(H,22,26)(H,24,25). The van der Waals surface area contributed by atoms with Crippen molar-refractivity contribution in [2.75, 3.05) is 5.32 Å². The first kappa shape index (κ1) is 18.2. The Morgan fingerprint density at radius 2 is 1.96 bits per heavy atom. The lowest BCUT2D eigenvalue weighted by Crippen LogP contribution is -2.15. The van der Waals surface area contributed by atoms with Crippen LogP contribution in [0.1, 0.15) is 60.6 Å². The Labute approximate surface area is 153 Å². The number of carboxylic acids is 1. The van der Waals surface area contributed by atoms with Crippen molar-refractivity contribution in [3.8, 4) is 0 Å². The molecule has 1 aliphatic carbocycles. The van der Waals surface area contributed by atoms with Crippen molar-refractivity contribution in [2.45, 2.75) is 52.0 Å². The summed E-state index contributed by atoms with van der Waals surface area (Å²) >= 11 is 0. The normalized spacial score (nSPS) is 13.8. The van der Waals surface area contributed by atoms with E-state index in [-0.39, 0.29) is 12.3 Å². The number of aromatic nitrogens is 2. The number of nitrogens with one attached hydrogen (secondary N) is 1. The molecule has 1 saturated carbocycles. The van der Waals surface area contributed by atoms with Gasteiger partial charge in [0.15, 0.2) is 0 Å². The van der Waals surface area contributed by atoms with Crippen LogP contribution in [0, 0.1) is 5.92 Å². The van der Waals surface area contributed by atoms with Gasteiger partial charge in [-0.2, -0.15) is 5.10 Å². The molecule has 0 unspecified atom stereocenters. The van der Waals surface area contributed by atoms with Crippen molar-refractivity contribution in [2.24, 2.45) is 5.92 Å². The summed E-state index contributed by atoms with van der Waals surface area (Å²) in [6.45, 7) is 5.10. The van der Waals surface area contributed by atoms with Gasteiger partial charge in [-0.05, 0) is 42.9 Å². The van der Waals surface area contributed by atoms with Crippen molar-refractivity contribution >= 4 is 17.6 Å². The maximum atomic E-state index is 12.7. The molecule has 0 saturated heterocycles. The zero-order chi connectivity index (χ0) is 18.7. The number of rotatable bonds is 8. The molecule has 26 heavy (non-hydrogen) atoms. The van der Waals surface area contributed by atoms with Gasteiger partial charge in [0.1, 0.15) is 0 Å². The van der Waals surface area contributed by atoms with Crippen molar-refractivity contribution in [3.63, 3.8) is 0 Å². The van der Waals surface area contributed by atoms with Crippen LogP contribution >= 0.6 is 0 Å². The van der Waals surface area contributed by atoms with Crippen LogP contribution in [-0.4, -0.2) is 26.8 Å². The van der Waals surface area contributed by atoms with Gasteiger partial charge in [0.25, 0.3) is 5.91 Å². The number of hydrogen-bond acceptors (Lipinski definition) is 3. The highest BCUT2D eigenvalue weighted by atomic mass is 16.4. The Kier molecular flexibility index (Phi) is 5.40. The SMILES string of the molecule is CC(C)Cn1ncc(C(=O)Nc2ccc(CCC(=O)O)cc2)c1C1CC1. The highest BCUT2D eigenvalue weighted by Crippen LogP contribution is 2.42. The summed E-state index contributed by atoms with van der Waals surface area (Å²) in [6.07, 6.45) is 4.49. The Balaban J connectivity index is 1.70. The van der Waals surface area contributed by atoms with E-state index in [1.165, 1.54) is 0 Å². The van der Waals surface area contributed by atoms with E-state index in [0.717, 1.165) is 30.6 Å². The molecule has 2 N–H and O–H groups in total. The number of carbonyl (C=O) groups excluding carboxylic acids is 1. The summed E-state index contributed by atoms with van der Waals surface area (Å²) in [5.74, 6) is -0.0364.